The second-order valence-corrected chi connectivity index (χ2v) is 10.7. The molecule has 3 rings (SSSR count). The number of carboxylic acid groups (broad SMARTS) is 3. The third-order valence-corrected chi connectivity index (χ3v) is 7.20. The lowest BCUT2D eigenvalue weighted by molar-refractivity contribution is -0.140. The van der Waals surface area contributed by atoms with Crippen molar-refractivity contribution in [2.45, 2.75) is 31.9 Å². The highest BCUT2D eigenvalue weighted by atomic mass is 16.4. The SMILES string of the molecule is O=C(O)CN1CCN(CC(=O)O)CCN(CC(O)Cn2cc(CCCc3ccccc3)nn2)CCN(CC(=O)O)CC1. The van der Waals surface area contributed by atoms with Gasteiger partial charge >= 0.3 is 17.9 Å². The lowest BCUT2D eigenvalue weighted by atomic mass is 10.1. The number of benzene rings is 1. The smallest absolute Gasteiger partial charge is 0.317 e. The summed E-state index contributed by atoms with van der Waals surface area (Å²) in [6, 6.07) is 10.2. The fourth-order valence-corrected chi connectivity index (χ4v) is 5.04. The minimum Gasteiger partial charge on any atom is -0.480 e. The van der Waals surface area contributed by atoms with Crippen molar-refractivity contribution >= 4 is 17.9 Å². The van der Waals surface area contributed by atoms with Crippen LogP contribution < -0.4 is 0 Å². The third kappa shape index (κ3) is 13.0. The predicted octanol–water partition coefficient (Wildman–Crippen LogP) is -0.710. The number of nitrogens with zero attached hydrogens (tertiary/aromatic N) is 7. The van der Waals surface area contributed by atoms with Crippen LogP contribution in [0.4, 0.5) is 0 Å². The molecule has 14 heteroatoms. The second kappa shape index (κ2) is 17.5. The molecule has 1 aliphatic heterocycles. The zero-order valence-electron chi connectivity index (χ0n) is 24.0. The number of hydrogen-bond acceptors (Lipinski definition) is 10. The van der Waals surface area contributed by atoms with Gasteiger partial charge in [0.15, 0.2) is 0 Å². The van der Waals surface area contributed by atoms with Gasteiger partial charge in [0.1, 0.15) is 0 Å². The van der Waals surface area contributed by atoms with Crippen LogP contribution in [0.15, 0.2) is 36.5 Å². The zero-order chi connectivity index (χ0) is 30.3. The highest BCUT2D eigenvalue weighted by molar-refractivity contribution is 5.69. The van der Waals surface area contributed by atoms with Crippen molar-refractivity contribution < 1.29 is 34.8 Å². The monoisotopic (exact) mass is 589 g/mol. The minimum absolute atomic E-state index is 0.186. The zero-order valence-corrected chi connectivity index (χ0v) is 24.0. The van der Waals surface area contributed by atoms with Crippen molar-refractivity contribution in [2.75, 3.05) is 78.5 Å². The van der Waals surface area contributed by atoms with Crippen molar-refractivity contribution in [3.8, 4) is 0 Å². The molecule has 0 amide bonds. The molecule has 2 aromatic rings. The van der Waals surface area contributed by atoms with Crippen LogP contribution >= 0.6 is 0 Å². The van der Waals surface area contributed by atoms with Crippen molar-refractivity contribution in [3.05, 3.63) is 47.8 Å². The summed E-state index contributed by atoms with van der Waals surface area (Å²) in [7, 11) is 0. The first-order valence-electron chi connectivity index (χ1n) is 14.3. The lowest BCUT2D eigenvalue weighted by Crippen LogP contribution is -2.49. The number of aromatic nitrogens is 3. The number of aryl methyl sites for hydroxylation is 2. The molecule has 1 aromatic heterocycles. The number of aliphatic hydroxyl groups excluding tert-OH is 1. The van der Waals surface area contributed by atoms with Gasteiger partial charge < -0.3 is 20.4 Å². The second-order valence-electron chi connectivity index (χ2n) is 10.7. The molecule has 0 spiro atoms. The Morgan fingerprint density at radius 1 is 0.690 bits per heavy atom. The fraction of sp³-hybridized carbons (Fsp3) is 0.607. The molecule has 2 heterocycles. The van der Waals surface area contributed by atoms with Crippen LogP contribution in [-0.4, -0.2) is 158 Å². The molecule has 1 unspecified atom stereocenters. The van der Waals surface area contributed by atoms with E-state index in [0.29, 0.717) is 52.4 Å². The van der Waals surface area contributed by atoms with Gasteiger partial charge in [0.2, 0.25) is 0 Å². The maximum Gasteiger partial charge on any atom is 0.317 e. The van der Waals surface area contributed by atoms with E-state index in [-0.39, 0.29) is 32.7 Å². The van der Waals surface area contributed by atoms with Gasteiger partial charge in [-0.15, -0.1) is 5.10 Å². The maximum absolute atomic E-state index is 11.5. The Labute approximate surface area is 245 Å². The van der Waals surface area contributed by atoms with Gasteiger partial charge in [0.05, 0.1) is 38.0 Å². The van der Waals surface area contributed by atoms with Crippen LogP contribution in [0.3, 0.4) is 0 Å². The quantitative estimate of drug-likeness (QED) is 0.218. The lowest BCUT2D eigenvalue weighted by Gasteiger charge is -2.33. The Balaban J connectivity index is 1.58. The molecule has 14 nitrogen and oxygen atoms in total. The number of carboxylic acids is 3. The predicted molar refractivity (Wildman–Crippen MR) is 153 cm³/mol. The Morgan fingerprint density at radius 3 is 1.64 bits per heavy atom. The summed E-state index contributed by atoms with van der Waals surface area (Å²) in [5, 5.41) is 47.4. The topological polar surface area (TPSA) is 176 Å². The van der Waals surface area contributed by atoms with Gasteiger partial charge in [-0.05, 0) is 24.8 Å². The fourth-order valence-electron chi connectivity index (χ4n) is 5.04. The molecule has 232 valence electrons. The Hall–Kier alpha value is -3.43. The highest BCUT2D eigenvalue weighted by Gasteiger charge is 2.21. The van der Waals surface area contributed by atoms with Crippen molar-refractivity contribution in [1.29, 1.82) is 0 Å². The molecule has 1 atom stereocenters. The van der Waals surface area contributed by atoms with E-state index in [9.17, 15) is 34.8 Å². The largest absolute Gasteiger partial charge is 0.480 e. The number of carbonyl (C=O) groups is 3. The maximum atomic E-state index is 11.5. The number of aliphatic hydroxyl groups is 1. The third-order valence-electron chi connectivity index (χ3n) is 7.20. The standard InChI is InChI=1S/C28H43N7O7/c36-25(19-35-17-24(29-30-35)8-4-7-23-5-2-1-3-6-23)18-31-9-11-32(20-26(37)38)13-15-34(22-28(41)42)16-14-33(12-10-31)21-27(39)40/h1-3,5-6,17,25,36H,4,7-16,18-22H2,(H,37,38)(H,39,40)(H,41,42). The number of β-amino-alcohol motifs (C(OH)–C–C–N with tert-alkyl or cyclic N) is 1. The van der Waals surface area contributed by atoms with Gasteiger partial charge in [-0.1, -0.05) is 35.5 Å². The molecule has 0 aliphatic carbocycles. The highest BCUT2D eigenvalue weighted by Crippen LogP contribution is 2.07. The molecular formula is C28H43N7O7. The molecule has 0 radical (unpaired) electrons. The molecule has 1 aliphatic rings. The number of aliphatic carboxylic acids is 3. The van der Waals surface area contributed by atoms with E-state index >= 15 is 0 Å². The van der Waals surface area contributed by atoms with Crippen LogP contribution in [0.25, 0.3) is 0 Å². The molecule has 0 bridgehead atoms. The summed E-state index contributed by atoms with van der Waals surface area (Å²) in [4.78, 5) is 41.5. The average Bonchev–Trinajstić information content (AvgIpc) is 3.36. The summed E-state index contributed by atoms with van der Waals surface area (Å²) >= 11 is 0. The van der Waals surface area contributed by atoms with Gasteiger partial charge in [0, 0.05) is 65.1 Å². The molecular weight excluding hydrogens is 546 g/mol. The van der Waals surface area contributed by atoms with Crippen molar-refractivity contribution in [3.63, 3.8) is 0 Å². The molecule has 1 fully saturated rings. The Kier molecular flexibility index (Phi) is 13.8. The molecule has 0 saturated carbocycles. The van der Waals surface area contributed by atoms with E-state index in [2.05, 4.69) is 22.4 Å². The van der Waals surface area contributed by atoms with Crippen molar-refractivity contribution in [2.24, 2.45) is 0 Å². The molecule has 4 N–H and O–H groups in total. The average molecular weight is 590 g/mol. The first kappa shape index (κ1) is 33.1. The van der Waals surface area contributed by atoms with Crippen LogP contribution in [-0.2, 0) is 33.8 Å². The van der Waals surface area contributed by atoms with Crippen LogP contribution in [0.2, 0.25) is 0 Å². The molecule has 42 heavy (non-hydrogen) atoms. The van der Waals surface area contributed by atoms with E-state index in [0.717, 1.165) is 25.0 Å². The number of rotatable bonds is 14. The van der Waals surface area contributed by atoms with E-state index in [1.807, 2.05) is 29.3 Å². The van der Waals surface area contributed by atoms with Gasteiger partial charge in [-0.2, -0.15) is 0 Å². The van der Waals surface area contributed by atoms with Crippen LogP contribution in [0.5, 0.6) is 0 Å². The first-order valence-corrected chi connectivity index (χ1v) is 14.3. The first-order chi connectivity index (χ1) is 20.2. The van der Waals surface area contributed by atoms with Gasteiger partial charge in [-0.25, -0.2) is 4.68 Å². The van der Waals surface area contributed by atoms with E-state index in [1.54, 1.807) is 19.4 Å². The van der Waals surface area contributed by atoms with Crippen molar-refractivity contribution in [1.82, 2.24) is 34.6 Å². The Bertz CT molecular complexity index is 1090. The van der Waals surface area contributed by atoms with E-state index in [4.69, 9.17) is 0 Å². The van der Waals surface area contributed by atoms with E-state index in [1.165, 1.54) is 5.56 Å². The summed E-state index contributed by atoms with van der Waals surface area (Å²) < 4.78 is 1.63. The number of hydrogen-bond donors (Lipinski definition) is 4. The summed E-state index contributed by atoms with van der Waals surface area (Å²) in [6.07, 6.45) is 3.73. The molecule has 1 aromatic carbocycles. The minimum atomic E-state index is -0.997. The van der Waals surface area contributed by atoms with Crippen LogP contribution in [0, 0.1) is 0 Å². The summed E-state index contributed by atoms with van der Waals surface area (Å²) in [5.74, 6) is -2.95. The van der Waals surface area contributed by atoms with Gasteiger partial charge in [-0.3, -0.25) is 34.0 Å². The van der Waals surface area contributed by atoms with Crippen LogP contribution in [0.1, 0.15) is 17.7 Å². The summed E-state index contributed by atoms with van der Waals surface area (Å²) in [6.45, 7) is 3.01. The molecule has 1 saturated heterocycles. The van der Waals surface area contributed by atoms with Gasteiger partial charge in [0.25, 0.3) is 0 Å². The Morgan fingerprint density at radius 2 is 1.17 bits per heavy atom. The summed E-state index contributed by atoms with van der Waals surface area (Å²) in [5.41, 5.74) is 2.13. The van der Waals surface area contributed by atoms with E-state index < -0.39 is 24.0 Å². The normalized spacial score (nSPS) is 17.7.